The van der Waals surface area contributed by atoms with E-state index in [1.54, 1.807) is 11.3 Å². The van der Waals surface area contributed by atoms with E-state index in [1.807, 2.05) is 0 Å². The molecule has 1 fully saturated rings. The Morgan fingerprint density at radius 2 is 2.24 bits per heavy atom. The maximum Gasteiger partial charge on any atom is 0.146 e. The Balaban J connectivity index is 1.84. The Kier molecular flexibility index (Phi) is 4.40. The Morgan fingerprint density at radius 1 is 1.38 bits per heavy atom. The highest BCUT2D eigenvalue weighted by atomic mass is 32.1. The van der Waals surface area contributed by atoms with Gasteiger partial charge in [-0.2, -0.15) is 0 Å². The van der Waals surface area contributed by atoms with Crippen LogP contribution in [0.4, 0.5) is 5.82 Å². The first-order chi connectivity index (χ1) is 10.2. The van der Waals surface area contributed by atoms with Crippen LogP contribution in [0.15, 0.2) is 11.4 Å². The van der Waals surface area contributed by atoms with Gasteiger partial charge in [0, 0.05) is 19.1 Å². The van der Waals surface area contributed by atoms with E-state index in [0.29, 0.717) is 6.04 Å². The van der Waals surface area contributed by atoms with Gasteiger partial charge in [-0.15, -0.1) is 11.3 Å². The average molecular weight is 304 g/mol. The lowest BCUT2D eigenvalue weighted by atomic mass is 10.1. The molecule has 5 heteroatoms. The number of aromatic nitrogens is 2. The van der Waals surface area contributed by atoms with Crippen molar-refractivity contribution in [3.05, 3.63) is 17.3 Å². The molecule has 0 saturated carbocycles. The van der Waals surface area contributed by atoms with Gasteiger partial charge in [-0.05, 0) is 37.1 Å². The second-order valence-corrected chi connectivity index (χ2v) is 7.07. The van der Waals surface area contributed by atoms with Gasteiger partial charge in [0.2, 0.25) is 0 Å². The van der Waals surface area contributed by atoms with E-state index in [0.717, 1.165) is 53.8 Å². The first kappa shape index (κ1) is 14.7. The number of hydrogen-bond donors (Lipinski definition) is 1. The Bertz CT molecular complexity index is 609. The molecule has 3 rings (SSSR count). The molecule has 2 unspecified atom stereocenters. The first-order valence-corrected chi connectivity index (χ1v) is 8.77. The number of nitrogens with zero attached hydrogens (tertiary/aromatic N) is 3. The van der Waals surface area contributed by atoms with E-state index in [-0.39, 0.29) is 0 Å². The summed E-state index contributed by atoms with van der Waals surface area (Å²) in [6, 6.07) is 2.75. The van der Waals surface area contributed by atoms with Crippen LogP contribution >= 0.6 is 11.3 Å². The number of rotatable bonds is 5. The van der Waals surface area contributed by atoms with Gasteiger partial charge in [0.25, 0.3) is 0 Å². The fourth-order valence-corrected chi connectivity index (χ4v) is 3.92. The highest BCUT2D eigenvalue weighted by molar-refractivity contribution is 7.16. The molecule has 2 atom stereocenters. The molecule has 21 heavy (non-hydrogen) atoms. The number of nitrogens with one attached hydrogen (secondary N) is 1. The van der Waals surface area contributed by atoms with Gasteiger partial charge in [0.1, 0.15) is 16.5 Å². The van der Waals surface area contributed by atoms with Crippen molar-refractivity contribution >= 4 is 27.4 Å². The van der Waals surface area contributed by atoms with Gasteiger partial charge in [0.05, 0.1) is 11.9 Å². The summed E-state index contributed by atoms with van der Waals surface area (Å²) in [6.45, 7) is 9.79. The topological polar surface area (TPSA) is 41.1 Å². The van der Waals surface area contributed by atoms with Crippen molar-refractivity contribution < 1.29 is 0 Å². The summed E-state index contributed by atoms with van der Waals surface area (Å²) in [6.07, 6.45) is 2.38. The zero-order valence-electron chi connectivity index (χ0n) is 13.1. The fourth-order valence-electron chi connectivity index (χ4n) is 3.14. The van der Waals surface area contributed by atoms with E-state index in [4.69, 9.17) is 9.97 Å². The van der Waals surface area contributed by atoms with Crippen molar-refractivity contribution in [2.24, 2.45) is 5.92 Å². The molecule has 114 valence electrons. The maximum absolute atomic E-state index is 4.78. The van der Waals surface area contributed by atoms with Gasteiger partial charge < -0.3 is 5.32 Å². The Hall–Kier alpha value is -1.20. The van der Waals surface area contributed by atoms with E-state index < -0.39 is 0 Å². The molecule has 0 aromatic carbocycles. The lowest BCUT2D eigenvalue weighted by molar-refractivity contribution is 0.250. The zero-order valence-corrected chi connectivity index (χ0v) is 13.9. The van der Waals surface area contributed by atoms with Crippen LogP contribution in [0.3, 0.4) is 0 Å². The second kappa shape index (κ2) is 6.28. The van der Waals surface area contributed by atoms with Crippen molar-refractivity contribution in [2.75, 3.05) is 18.4 Å². The third kappa shape index (κ3) is 3.19. The summed E-state index contributed by atoms with van der Waals surface area (Å²) in [5.74, 6) is 2.73. The summed E-state index contributed by atoms with van der Waals surface area (Å²) in [4.78, 5) is 13.1. The van der Waals surface area contributed by atoms with E-state index in [1.165, 1.54) is 6.42 Å². The predicted molar refractivity (Wildman–Crippen MR) is 89.8 cm³/mol. The van der Waals surface area contributed by atoms with Crippen LogP contribution in [-0.4, -0.2) is 34.0 Å². The summed E-state index contributed by atoms with van der Waals surface area (Å²) < 4.78 is 0. The number of likely N-dealkylation sites (tertiary alicyclic amines) is 1. The van der Waals surface area contributed by atoms with Crippen molar-refractivity contribution in [1.29, 1.82) is 0 Å². The monoisotopic (exact) mass is 304 g/mol. The van der Waals surface area contributed by atoms with Crippen LogP contribution in [0, 0.1) is 5.92 Å². The lowest BCUT2D eigenvalue weighted by Crippen LogP contribution is -2.27. The first-order valence-electron chi connectivity index (χ1n) is 7.89. The Labute approximate surface area is 130 Å². The third-order valence-electron chi connectivity index (χ3n) is 4.17. The van der Waals surface area contributed by atoms with E-state index in [2.05, 4.69) is 42.4 Å². The lowest BCUT2D eigenvalue weighted by Gasteiger charge is -2.20. The highest BCUT2D eigenvalue weighted by Gasteiger charge is 2.26. The summed E-state index contributed by atoms with van der Waals surface area (Å²) in [7, 11) is 0. The van der Waals surface area contributed by atoms with Gasteiger partial charge >= 0.3 is 0 Å². The minimum Gasteiger partial charge on any atom is -0.369 e. The average Bonchev–Trinajstić information content (AvgIpc) is 3.03. The van der Waals surface area contributed by atoms with Crippen LogP contribution in [0.5, 0.6) is 0 Å². The molecule has 3 heterocycles. The maximum atomic E-state index is 4.78. The van der Waals surface area contributed by atoms with E-state index >= 15 is 0 Å². The van der Waals surface area contributed by atoms with Crippen molar-refractivity contribution in [3.8, 4) is 0 Å². The molecule has 4 nitrogen and oxygen atoms in total. The molecule has 1 saturated heterocycles. The van der Waals surface area contributed by atoms with Crippen LogP contribution < -0.4 is 5.32 Å². The summed E-state index contributed by atoms with van der Waals surface area (Å²) in [5, 5.41) is 6.70. The standard InChI is InChI=1S/C16H24N4S/c1-4-6-17-15-13-5-7-21-16(13)19-14(18-15)10-20-9-11(2)8-12(20)3/h5,7,11-12H,4,6,8-10H2,1-3H3,(H,17,18,19). The molecule has 0 bridgehead atoms. The van der Waals surface area contributed by atoms with Gasteiger partial charge in [-0.1, -0.05) is 13.8 Å². The number of anilines is 1. The second-order valence-electron chi connectivity index (χ2n) is 6.17. The number of fused-ring (bicyclic) bond motifs is 1. The van der Waals surface area contributed by atoms with Crippen LogP contribution in [-0.2, 0) is 6.54 Å². The summed E-state index contributed by atoms with van der Waals surface area (Å²) >= 11 is 1.70. The fraction of sp³-hybridized carbons (Fsp3) is 0.625. The third-order valence-corrected chi connectivity index (χ3v) is 4.98. The molecule has 0 amide bonds. The van der Waals surface area contributed by atoms with Gasteiger partial charge in [-0.3, -0.25) is 4.90 Å². The molecular formula is C16H24N4S. The molecule has 2 aromatic heterocycles. The summed E-state index contributed by atoms with van der Waals surface area (Å²) in [5.41, 5.74) is 0. The van der Waals surface area contributed by atoms with Crippen LogP contribution in [0.2, 0.25) is 0 Å². The highest BCUT2D eigenvalue weighted by Crippen LogP contribution is 2.27. The molecule has 1 aliphatic heterocycles. The molecule has 0 spiro atoms. The Morgan fingerprint density at radius 3 is 2.95 bits per heavy atom. The minimum atomic E-state index is 0.634. The molecule has 0 radical (unpaired) electrons. The van der Waals surface area contributed by atoms with Crippen molar-refractivity contribution in [1.82, 2.24) is 14.9 Å². The predicted octanol–water partition coefficient (Wildman–Crippen LogP) is 3.74. The number of thiophene rings is 1. The molecular weight excluding hydrogens is 280 g/mol. The van der Waals surface area contributed by atoms with Gasteiger partial charge in [-0.25, -0.2) is 9.97 Å². The minimum absolute atomic E-state index is 0.634. The van der Waals surface area contributed by atoms with Crippen molar-refractivity contribution in [2.45, 2.75) is 46.2 Å². The normalized spacial score (nSPS) is 23.0. The molecule has 0 aliphatic carbocycles. The zero-order chi connectivity index (χ0) is 14.8. The van der Waals surface area contributed by atoms with E-state index in [9.17, 15) is 0 Å². The molecule has 1 aliphatic rings. The quantitative estimate of drug-likeness (QED) is 0.913. The largest absolute Gasteiger partial charge is 0.369 e. The van der Waals surface area contributed by atoms with Gasteiger partial charge in [0.15, 0.2) is 0 Å². The van der Waals surface area contributed by atoms with Crippen molar-refractivity contribution in [3.63, 3.8) is 0 Å². The van der Waals surface area contributed by atoms with Crippen LogP contribution in [0.1, 0.15) is 39.4 Å². The number of hydrogen-bond acceptors (Lipinski definition) is 5. The smallest absolute Gasteiger partial charge is 0.146 e. The van der Waals surface area contributed by atoms with Crippen LogP contribution in [0.25, 0.3) is 10.2 Å². The molecule has 2 aromatic rings. The molecule has 1 N–H and O–H groups in total. The SMILES string of the molecule is CCCNc1nc(CN2CC(C)CC2C)nc2sccc12.